The summed E-state index contributed by atoms with van der Waals surface area (Å²) in [7, 11) is 0. The van der Waals surface area contributed by atoms with Crippen molar-refractivity contribution >= 4 is 24.1 Å². The predicted molar refractivity (Wildman–Crippen MR) is 79.3 cm³/mol. The zero-order chi connectivity index (χ0) is 13.0. The van der Waals surface area contributed by atoms with E-state index < -0.39 is 0 Å². The number of carbonyl (C=O) groups excluding carboxylic acids is 1. The third-order valence-corrected chi connectivity index (χ3v) is 3.54. The number of pyridine rings is 1. The Morgan fingerprint density at radius 2 is 2.11 bits per heavy atom. The molecule has 4 nitrogen and oxygen atoms in total. The monoisotopic (exact) mass is 283 g/mol. The summed E-state index contributed by atoms with van der Waals surface area (Å²) < 4.78 is 0. The van der Waals surface area contributed by atoms with Gasteiger partial charge in [-0.15, -0.1) is 12.4 Å². The predicted octanol–water partition coefficient (Wildman–Crippen LogP) is 3.04. The lowest BCUT2D eigenvalue weighted by Gasteiger charge is -2.20. The van der Waals surface area contributed by atoms with Gasteiger partial charge in [0.15, 0.2) is 0 Å². The molecule has 1 fully saturated rings. The minimum Gasteiger partial charge on any atom is -0.324 e. The Labute approximate surface area is 120 Å². The van der Waals surface area contributed by atoms with E-state index in [9.17, 15) is 4.79 Å². The Morgan fingerprint density at radius 3 is 2.74 bits per heavy atom. The van der Waals surface area contributed by atoms with Gasteiger partial charge in [-0.25, -0.2) is 4.98 Å². The van der Waals surface area contributed by atoms with Crippen LogP contribution >= 0.6 is 12.4 Å². The largest absolute Gasteiger partial charge is 0.324 e. The molecule has 1 aromatic rings. The van der Waals surface area contributed by atoms with Crippen LogP contribution in [0.2, 0.25) is 0 Å². The summed E-state index contributed by atoms with van der Waals surface area (Å²) in [5.74, 6) is 0.865. The third kappa shape index (κ3) is 4.48. The van der Waals surface area contributed by atoms with Crippen LogP contribution in [0.3, 0.4) is 0 Å². The normalized spacial score (nSPS) is 17.4. The van der Waals surface area contributed by atoms with Gasteiger partial charge in [0.05, 0.1) is 0 Å². The number of amides is 1. The van der Waals surface area contributed by atoms with Crippen molar-refractivity contribution in [1.29, 1.82) is 0 Å². The van der Waals surface area contributed by atoms with Gasteiger partial charge >= 0.3 is 0 Å². The van der Waals surface area contributed by atoms with Gasteiger partial charge in [0.1, 0.15) is 5.82 Å². The number of halogens is 1. The number of nitrogens with one attached hydrogen (secondary N) is 1. The van der Waals surface area contributed by atoms with Crippen LogP contribution in [-0.4, -0.2) is 10.9 Å². The highest BCUT2D eigenvalue weighted by Gasteiger charge is 2.21. The summed E-state index contributed by atoms with van der Waals surface area (Å²) >= 11 is 0. The average molecular weight is 284 g/mol. The van der Waals surface area contributed by atoms with Crippen LogP contribution in [-0.2, 0) is 4.79 Å². The molecule has 0 saturated heterocycles. The lowest BCUT2D eigenvalue weighted by atomic mass is 9.89. The smallest absolute Gasteiger partial charge is 0.228 e. The number of aromatic nitrogens is 1. The van der Waals surface area contributed by atoms with Crippen LogP contribution in [0.15, 0.2) is 18.3 Å². The summed E-state index contributed by atoms with van der Waals surface area (Å²) in [6, 6.07) is 3.69. The van der Waals surface area contributed by atoms with E-state index in [1.165, 1.54) is 6.42 Å². The first kappa shape index (κ1) is 15.9. The first-order chi connectivity index (χ1) is 8.66. The first-order valence-electron chi connectivity index (χ1n) is 6.69. The van der Waals surface area contributed by atoms with Crippen molar-refractivity contribution in [2.24, 2.45) is 11.7 Å². The molecule has 0 radical (unpaired) electrons. The highest BCUT2D eigenvalue weighted by Crippen LogP contribution is 2.24. The van der Waals surface area contributed by atoms with E-state index in [4.69, 9.17) is 5.73 Å². The van der Waals surface area contributed by atoms with Crippen LogP contribution < -0.4 is 11.1 Å². The lowest BCUT2D eigenvalue weighted by molar-refractivity contribution is -0.120. The summed E-state index contributed by atoms with van der Waals surface area (Å²) in [4.78, 5) is 16.2. The molecule has 0 aliphatic heterocycles. The van der Waals surface area contributed by atoms with E-state index in [0.29, 0.717) is 5.82 Å². The topological polar surface area (TPSA) is 68.0 Å². The fourth-order valence-corrected chi connectivity index (χ4v) is 2.39. The highest BCUT2D eigenvalue weighted by molar-refractivity contribution is 5.91. The zero-order valence-corrected chi connectivity index (χ0v) is 12.1. The molecule has 5 heteroatoms. The van der Waals surface area contributed by atoms with Crippen molar-refractivity contribution in [2.45, 2.75) is 45.1 Å². The summed E-state index contributed by atoms with van der Waals surface area (Å²) in [6.45, 7) is 1.92. The van der Waals surface area contributed by atoms with Gasteiger partial charge in [-0.2, -0.15) is 0 Å². The molecule has 1 aliphatic carbocycles. The van der Waals surface area contributed by atoms with Crippen molar-refractivity contribution in [3.8, 4) is 0 Å². The number of rotatable bonds is 3. The van der Waals surface area contributed by atoms with E-state index >= 15 is 0 Å². The molecule has 1 atom stereocenters. The zero-order valence-electron chi connectivity index (χ0n) is 11.3. The second-order valence-electron chi connectivity index (χ2n) is 5.09. The third-order valence-electron chi connectivity index (χ3n) is 3.54. The molecule has 0 spiro atoms. The van der Waals surface area contributed by atoms with E-state index in [0.717, 1.165) is 31.2 Å². The minimum atomic E-state index is -0.0432. The standard InChI is InChI=1S/C14H21N3O.ClH/c1-10(15)12-7-8-16-13(9-12)17-14(18)11-5-3-2-4-6-11;/h7-11H,2-6,15H2,1H3,(H,16,17,18);1H. The highest BCUT2D eigenvalue weighted by atomic mass is 35.5. The average Bonchev–Trinajstić information content (AvgIpc) is 2.40. The summed E-state index contributed by atoms with van der Waals surface area (Å²) in [5.41, 5.74) is 6.81. The molecule has 3 N–H and O–H groups in total. The van der Waals surface area contributed by atoms with Crippen LogP contribution in [0.25, 0.3) is 0 Å². The SMILES string of the molecule is CC(N)c1ccnc(NC(=O)C2CCCCC2)c1.Cl. The second kappa shape index (κ2) is 7.46. The van der Waals surface area contributed by atoms with Crippen LogP contribution in [0.5, 0.6) is 0 Å². The molecular weight excluding hydrogens is 262 g/mol. The van der Waals surface area contributed by atoms with Crippen LogP contribution in [0.1, 0.15) is 50.6 Å². The number of carbonyl (C=O) groups is 1. The first-order valence-corrected chi connectivity index (χ1v) is 6.69. The van der Waals surface area contributed by atoms with E-state index in [-0.39, 0.29) is 30.3 Å². The van der Waals surface area contributed by atoms with Gasteiger partial charge in [0.2, 0.25) is 5.91 Å². The maximum atomic E-state index is 12.1. The van der Waals surface area contributed by atoms with Crippen molar-refractivity contribution in [1.82, 2.24) is 4.98 Å². The molecule has 1 amide bonds. The van der Waals surface area contributed by atoms with Crippen molar-refractivity contribution in [3.05, 3.63) is 23.9 Å². The Balaban J connectivity index is 0.00000180. The van der Waals surface area contributed by atoms with E-state index in [1.807, 2.05) is 19.1 Å². The molecule has 106 valence electrons. The fraction of sp³-hybridized carbons (Fsp3) is 0.571. The van der Waals surface area contributed by atoms with Gasteiger partial charge in [-0.05, 0) is 37.5 Å². The van der Waals surface area contributed by atoms with Crippen molar-refractivity contribution in [3.63, 3.8) is 0 Å². The maximum Gasteiger partial charge on any atom is 0.228 e. The molecular formula is C14H22ClN3O. The van der Waals surface area contributed by atoms with Crippen molar-refractivity contribution in [2.75, 3.05) is 5.32 Å². The Bertz CT molecular complexity index is 417. The molecule has 1 aliphatic rings. The lowest BCUT2D eigenvalue weighted by Crippen LogP contribution is -2.25. The number of hydrogen-bond acceptors (Lipinski definition) is 3. The van der Waals surface area contributed by atoms with Crippen LogP contribution in [0, 0.1) is 5.92 Å². The summed E-state index contributed by atoms with van der Waals surface area (Å²) in [5, 5.41) is 2.90. The molecule has 1 aromatic heterocycles. The van der Waals surface area contributed by atoms with Crippen molar-refractivity contribution < 1.29 is 4.79 Å². The van der Waals surface area contributed by atoms with Gasteiger partial charge in [-0.1, -0.05) is 19.3 Å². The number of anilines is 1. The molecule has 0 bridgehead atoms. The minimum absolute atomic E-state index is 0. The van der Waals surface area contributed by atoms with Crippen LogP contribution in [0.4, 0.5) is 5.82 Å². The molecule has 1 unspecified atom stereocenters. The van der Waals surface area contributed by atoms with Gasteiger partial charge < -0.3 is 11.1 Å². The number of hydrogen-bond donors (Lipinski definition) is 2. The second-order valence-corrected chi connectivity index (χ2v) is 5.09. The van der Waals surface area contributed by atoms with E-state index in [1.54, 1.807) is 6.20 Å². The number of nitrogens with zero attached hydrogens (tertiary/aromatic N) is 1. The molecule has 2 rings (SSSR count). The number of nitrogens with two attached hydrogens (primary N) is 1. The Hall–Kier alpha value is -1.13. The van der Waals surface area contributed by atoms with E-state index in [2.05, 4.69) is 10.3 Å². The van der Waals surface area contributed by atoms with Gasteiger partial charge in [0.25, 0.3) is 0 Å². The molecule has 1 saturated carbocycles. The Kier molecular flexibility index (Phi) is 6.25. The fourth-order valence-electron chi connectivity index (χ4n) is 2.39. The van der Waals surface area contributed by atoms with Gasteiger partial charge in [0, 0.05) is 18.2 Å². The molecule has 1 heterocycles. The summed E-state index contributed by atoms with van der Waals surface area (Å²) in [6.07, 6.45) is 7.26. The molecule has 19 heavy (non-hydrogen) atoms. The maximum absolute atomic E-state index is 12.1. The quantitative estimate of drug-likeness (QED) is 0.896. The van der Waals surface area contributed by atoms with Gasteiger partial charge in [-0.3, -0.25) is 4.79 Å². The molecule has 0 aromatic carbocycles. The Morgan fingerprint density at radius 1 is 1.42 bits per heavy atom.